The average Bonchev–Trinajstić information content (AvgIpc) is 3.07. The second-order valence-corrected chi connectivity index (χ2v) is 6.43. The molecule has 1 aromatic heterocycles. The van der Waals surface area contributed by atoms with Gasteiger partial charge in [0.25, 0.3) is 0 Å². The molecule has 0 amide bonds. The standard InChI is InChI=1S/C15H17ClN2O2S/c16-5-12-9-21-15(17-12)11-3-1-10(2-4-11)6-18-7-13(19)14(20)8-18/h1-4,9,13-14,19-20H,5-8H2. The van der Waals surface area contributed by atoms with Crippen LogP contribution in [0.2, 0.25) is 0 Å². The first kappa shape index (κ1) is 14.9. The summed E-state index contributed by atoms with van der Waals surface area (Å²) in [5, 5.41) is 22.1. The fourth-order valence-electron chi connectivity index (χ4n) is 2.49. The maximum absolute atomic E-state index is 9.56. The molecule has 2 heterocycles. The maximum atomic E-state index is 9.56. The van der Waals surface area contributed by atoms with E-state index in [0.29, 0.717) is 19.0 Å². The van der Waals surface area contributed by atoms with E-state index in [1.165, 1.54) is 0 Å². The molecule has 2 aromatic rings. The first-order chi connectivity index (χ1) is 10.2. The van der Waals surface area contributed by atoms with Crippen LogP contribution in [-0.4, -0.2) is 45.4 Å². The molecule has 1 saturated heterocycles. The molecule has 0 radical (unpaired) electrons. The van der Waals surface area contributed by atoms with Gasteiger partial charge in [0.2, 0.25) is 0 Å². The third-order valence-electron chi connectivity index (χ3n) is 3.63. The van der Waals surface area contributed by atoms with E-state index in [2.05, 4.69) is 34.1 Å². The van der Waals surface area contributed by atoms with E-state index in [-0.39, 0.29) is 0 Å². The van der Waals surface area contributed by atoms with Crippen LogP contribution in [0.5, 0.6) is 0 Å². The largest absolute Gasteiger partial charge is 0.389 e. The first-order valence-electron chi connectivity index (χ1n) is 6.84. The fourth-order valence-corrected chi connectivity index (χ4v) is 3.54. The predicted octanol–water partition coefficient (Wildman–Crippen LogP) is 2.09. The van der Waals surface area contributed by atoms with Gasteiger partial charge in [-0.15, -0.1) is 22.9 Å². The van der Waals surface area contributed by atoms with Crippen molar-refractivity contribution < 1.29 is 10.2 Å². The molecule has 3 rings (SSSR count). The highest BCUT2D eigenvalue weighted by atomic mass is 35.5. The molecule has 0 bridgehead atoms. The summed E-state index contributed by atoms with van der Waals surface area (Å²) < 4.78 is 0. The van der Waals surface area contributed by atoms with Crippen LogP contribution in [0.4, 0.5) is 0 Å². The van der Waals surface area contributed by atoms with Crippen molar-refractivity contribution in [3.63, 3.8) is 0 Å². The predicted molar refractivity (Wildman–Crippen MR) is 84.4 cm³/mol. The minimum absolute atomic E-state index is 0.439. The smallest absolute Gasteiger partial charge is 0.123 e. The molecule has 2 atom stereocenters. The van der Waals surface area contributed by atoms with E-state index < -0.39 is 12.2 Å². The Hall–Kier alpha value is -0.980. The van der Waals surface area contributed by atoms with Crippen LogP contribution in [0.25, 0.3) is 10.6 Å². The summed E-state index contributed by atoms with van der Waals surface area (Å²) in [6, 6.07) is 8.23. The topological polar surface area (TPSA) is 56.6 Å². The van der Waals surface area contributed by atoms with Crippen molar-refractivity contribution in [1.29, 1.82) is 0 Å². The van der Waals surface area contributed by atoms with Crippen LogP contribution in [0, 0.1) is 0 Å². The molecule has 1 aromatic carbocycles. The molecule has 21 heavy (non-hydrogen) atoms. The van der Waals surface area contributed by atoms with E-state index in [1.807, 2.05) is 5.38 Å². The van der Waals surface area contributed by atoms with Gasteiger partial charge in [0.1, 0.15) is 5.01 Å². The normalized spacial score (nSPS) is 22.8. The van der Waals surface area contributed by atoms with Crippen LogP contribution in [-0.2, 0) is 12.4 Å². The highest BCUT2D eigenvalue weighted by molar-refractivity contribution is 7.13. The summed E-state index contributed by atoms with van der Waals surface area (Å²) in [5.74, 6) is 0.439. The van der Waals surface area contributed by atoms with Crippen molar-refractivity contribution in [3.05, 3.63) is 40.9 Å². The van der Waals surface area contributed by atoms with Crippen molar-refractivity contribution in [1.82, 2.24) is 9.88 Å². The van der Waals surface area contributed by atoms with E-state index in [4.69, 9.17) is 11.6 Å². The first-order valence-corrected chi connectivity index (χ1v) is 8.25. The highest BCUT2D eigenvalue weighted by Gasteiger charge is 2.29. The fraction of sp³-hybridized carbons (Fsp3) is 0.400. The van der Waals surface area contributed by atoms with Gasteiger partial charge in [-0.3, -0.25) is 4.90 Å². The molecular formula is C15H17ClN2O2S. The Morgan fingerprint density at radius 3 is 2.43 bits per heavy atom. The lowest BCUT2D eigenvalue weighted by Crippen LogP contribution is -2.22. The number of aromatic nitrogens is 1. The number of rotatable bonds is 4. The van der Waals surface area contributed by atoms with Gasteiger partial charge < -0.3 is 10.2 Å². The lowest BCUT2D eigenvalue weighted by molar-refractivity contribution is 0.0572. The quantitative estimate of drug-likeness (QED) is 0.846. The third kappa shape index (κ3) is 3.44. The number of likely N-dealkylation sites (tertiary alicyclic amines) is 1. The number of nitrogens with zero attached hydrogens (tertiary/aromatic N) is 2. The Labute approximate surface area is 132 Å². The number of alkyl halides is 1. The van der Waals surface area contributed by atoms with Gasteiger partial charge in [-0.2, -0.15) is 0 Å². The van der Waals surface area contributed by atoms with Crippen LogP contribution in [0.15, 0.2) is 29.6 Å². The summed E-state index contributed by atoms with van der Waals surface area (Å²) in [5.41, 5.74) is 3.15. The summed E-state index contributed by atoms with van der Waals surface area (Å²) in [6.45, 7) is 1.78. The van der Waals surface area contributed by atoms with Gasteiger partial charge in [-0.1, -0.05) is 24.3 Å². The maximum Gasteiger partial charge on any atom is 0.123 e. The average molecular weight is 325 g/mol. The number of hydrogen-bond donors (Lipinski definition) is 2. The molecule has 112 valence electrons. The SMILES string of the molecule is OC1CN(Cc2ccc(-c3nc(CCl)cs3)cc2)CC1O. The number of halogens is 1. The zero-order valence-electron chi connectivity index (χ0n) is 11.4. The van der Waals surface area contributed by atoms with Gasteiger partial charge >= 0.3 is 0 Å². The monoisotopic (exact) mass is 324 g/mol. The molecule has 6 heteroatoms. The molecule has 0 saturated carbocycles. The van der Waals surface area contributed by atoms with Crippen molar-refractivity contribution in [2.45, 2.75) is 24.6 Å². The Morgan fingerprint density at radius 1 is 1.19 bits per heavy atom. The lowest BCUT2D eigenvalue weighted by atomic mass is 10.1. The van der Waals surface area contributed by atoms with Crippen LogP contribution >= 0.6 is 22.9 Å². The van der Waals surface area contributed by atoms with Crippen LogP contribution in [0.1, 0.15) is 11.3 Å². The molecule has 2 N–H and O–H groups in total. The van der Waals surface area contributed by atoms with Crippen molar-refractivity contribution in [3.8, 4) is 10.6 Å². The Morgan fingerprint density at radius 2 is 1.86 bits per heavy atom. The van der Waals surface area contributed by atoms with E-state index in [9.17, 15) is 10.2 Å². The summed E-state index contributed by atoms with van der Waals surface area (Å²) >= 11 is 7.36. The molecule has 1 fully saturated rings. The number of hydrogen-bond acceptors (Lipinski definition) is 5. The van der Waals surface area contributed by atoms with Crippen molar-refractivity contribution >= 4 is 22.9 Å². The molecule has 2 unspecified atom stereocenters. The number of thiazole rings is 1. The zero-order valence-corrected chi connectivity index (χ0v) is 13.0. The molecule has 1 aliphatic rings. The minimum atomic E-state index is -0.631. The van der Waals surface area contributed by atoms with Gasteiger partial charge in [-0.25, -0.2) is 4.98 Å². The van der Waals surface area contributed by atoms with Crippen LogP contribution < -0.4 is 0 Å². The number of benzene rings is 1. The summed E-state index contributed by atoms with van der Waals surface area (Å²) in [7, 11) is 0. The van der Waals surface area contributed by atoms with Gasteiger partial charge in [0.05, 0.1) is 23.8 Å². The molecule has 1 aliphatic heterocycles. The van der Waals surface area contributed by atoms with Gasteiger partial charge in [-0.05, 0) is 5.56 Å². The third-order valence-corrected chi connectivity index (χ3v) is 4.84. The number of aliphatic hydroxyl groups excluding tert-OH is 2. The lowest BCUT2D eigenvalue weighted by Gasteiger charge is -2.14. The number of aliphatic hydroxyl groups is 2. The summed E-state index contributed by atoms with van der Waals surface area (Å²) in [4.78, 5) is 6.52. The molecule has 4 nitrogen and oxygen atoms in total. The van der Waals surface area contributed by atoms with Gasteiger partial charge in [0, 0.05) is 30.6 Å². The highest BCUT2D eigenvalue weighted by Crippen LogP contribution is 2.25. The van der Waals surface area contributed by atoms with Crippen molar-refractivity contribution in [2.24, 2.45) is 0 Å². The Kier molecular flexibility index (Phi) is 4.57. The van der Waals surface area contributed by atoms with Crippen molar-refractivity contribution in [2.75, 3.05) is 13.1 Å². The second kappa shape index (κ2) is 6.42. The van der Waals surface area contributed by atoms with Gasteiger partial charge in [0.15, 0.2) is 0 Å². The second-order valence-electron chi connectivity index (χ2n) is 5.30. The van der Waals surface area contributed by atoms with E-state index >= 15 is 0 Å². The molecule has 0 aliphatic carbocycles. The van der Waals surface area contributed by atoms with E-state index in [1.54, 1.807) is 11.3 Å². The number of β-amino-alcohol motifs (C(OH)–C–C–N with tert-alkyl or cyclic N) is 2. The Balaban J connectivity index is 1.67. The summed E-state index contributed by atoms with van der Waals surface area (Å²) in [6.07, 6.45) is -1.26. The van der Waals surface area contributed by atoms with E-state index in [0.717, 1.165) is 28.4 Å². The van der Waals surface area contributed by atoms with Crippen LogP contribution in [0.3, 0.4) is 0 Å². The zero-order chi connectivity index (χ0) is 14.8. The molecular weight excluding hydrogens is 308 g/mol. The minimum Gasteiger partial charge on any atom is -0.389 e. The Bertz CT molecular complexity index is 592. The molecule has 0 spiro atoms.